The SMILES string of the molecule is CC(Sc1ccc(NC(=O)CCC(=O)O)cc1)C(=O)Nc1cc(Cl)ccc1Cl. The van der Waals surface area contributed by atoms with Crippen molar-refractivity contribution in [3.05, 3.63) is 52.5 Å². The number of rotatable bonds is 8. The molecule has 1 unspecified atom stereocenters. The van der Waals surface area contributed by atoms with E-state index in [-0.39, 0.29) is 24.7 Å². The van der Waals surface area contributed by atoms with Gasteiger partial charge in [-0.05, 0) is 49.4 Å². The molecule has 0 aromatic heterocycles. The molecule has 9 heteroatoms. The zero-order chi connectivity index (χ0) is 20.7. The highest BCUT2D eigenvalue weighted by atomic mass is 35.5. The van der Waals surface area contributed by atoms with Crippen molar-refractivity contribution in [1.29, 1.82) is 0 Å². The van der Waals surface area contributed by atoms with Crippen LogP contribution in [0.2, 0.25) is 10.0 Å². The molecule has 0 saturated heterocycles. The van der Waals surface area contributed by atoms with Crippen molar-refractivity contribution in [3.8, 4) is 0 Å². The summed E-state index contributed by atoms with van der Waals surface area (Å²) in [4.78, 5) is 35.3. The number of aliphatic carboxylic acids is 1. The largest absolute Gasteiger partial charge is 0.481 e. The molecule has 0 saturated carbocycles. The summed E-state index contributed by atoms with van der Waals surface area (Å²) in [6.45, 7) is 1.76. The Morgan fingerprint density at radius 2 is 1.71 bits per heavy atom. The molecular formula is C19H18Cl2N2O4S. The topological polar surface area (TPSA) is 95.5 Å². The molecule has 0 radical (unpaired) electrons. The smallest absolute Gasteiger partial charge is 0.303 e. The Labute approximate surface area is 176 Å². The van der Waals surface area contributed by atoms with Crippen LogP contribution in [0.1, 0.15) is 19.8 Å². The summed E-state index contributed by atoms with van der Waals surface area (Å²) in [5.41, 5.74) is 1.01. The Morgan fingerprint density at radius 1 is 1.04 bits per heavy atom. The second kappa shape index (κ2) is 10.4. The maximum absolute atomic E-state index is 12.4. The lowest BCUT2D eigenvalue weighted by molar-refractivity contribution is -0.138. The molecule has 0 aliphatic heterocycles. The van der Waals surface area contributed by atoms with Gasteiger partial charge in [0, 0.05) is 22.0 Å². The number of carbonyl (C=O) groups is 3. The molecule has 2 rings (SSSR count). The van der Waals surface area contributed by atoms with Crippen LogP contribution >= 0.6 is 35.0 Å². The van der Waals surface area contributed by atoms with Crippen molar-refractivity contribution in [1.82, 2.24) is 0 Å². The minimum Gasteiger partial charge on any atom is -0.481 e. The minimum absolute atomic E-state index is 0.0882. The molecule has 1 atom stereocenters. The third kappa shape index (κ3) is 7.07. The van der Waals surface area contributed by atoms with Crippen molar-refractivity contribution >= 4 is 64.1 Å². The molecule has 2 amide bonds. The van der Waals surface area contributed by atoms with Crippen LogP contribution in [-0.4, -0.2) is 28.1 Å². The first kappa shape index (κ1) is 22.1. The average molecular weight is 441 g/mol. The summed E-state index contributed by atoms with van der Waals surface area (Å²) in [6, 6.07) is 11.8. The number of anilines is 2. The normalized spacial score (nSPS) is 11.5. The van der Waals surface area contributed by atoms with Gasteiger partial charge in [0.2, 0.25) is 11.8 Å². The summed E-state index contributed by atoms with van der Waals surface area (Å²) in [5, 5.41) is 14.4. The van der Waals surface area contributed by atoms with Crippen molar-refractivity contribution in [2.24, 2.45) is 0 Å². The molecule has 28 heavy (non-hydrogen) atoms. The predicted molar refractivity (Wildman–Crippen MR) is 112 cm³/mol. The highest BCUT2D eigenvalue weighted by Gasteiger charge is 2.16. The second-order valence-electron chi connectivity index (χ2n) is 5.84. The molecule has 0 aliphatic carbocycles. The van der Waals surface area contributed by atoms with Crippen LogP contribution in [0.5, 0.6) is 0 Å². The van der Waals surface area contributed by atoms with Gasteiger partial charge >= 0.3 is 5.97 Å². The summed E-state index contributed by atoms with van der Waals surface area (Å²) in [5.74, 6) is -1.61. The van der Waals surface area contributed by atoms with Gasteiger partial charge < -0.3 is 15.7 Å². The molecular weight excluding hydrogens is 423 g/mol. The van der Waals surface area contributed by atoms with Crippen LogP contribution in [0.4, 0.5) is 11.4 Å². The molecule has 3 N–H and O–H groups in total. The standard InChI is InChI=1S/C19H18Cl2N2O4S/c1-11(19(27)23-16-10-12(20)2-7-15(16)21)28-14-5-3-13(4-6-14)22-17(24)8-9-18(25)26/h2-7,10-11H,8-9H2,1H3,(H,22,24)(H,23,27)(H,25,26). The Balaban J connectivity index is 1.90. The van der Waals surface area contributed by atoms with Crippen LogP contribution in [0.3, 0.4) is 0 Å². The van der Waals surface area contributed by atoms with E-state index in [2.05, 4.69) is 10.6 Å². The van der Waals surface area contributed by atoms with Crippen molar-refractivity contribution in [2.45, 2.75) is 29.9 Å². The number of nitrogens with one attached hydrogen (secondary N) is 2. The zero-order valence-corrected chi connectivity index (χ0v) is 17.2. The molecule has 0 heterocycles. The van der Waals surface area contributed by atoms with E-state index in [1.165, 1.54) is 11.8 Å². The van der Waals surface area contributed by atoms with E-state index in [0.717, 1.165) is 4.90 Å². The van der Waals surface area contributed by atoms with Crippen LogP contribution < -0.4 is 10.6 Å². The van der Waals surface area contributed by atoms with E-state index in [9.17, 15) is 14.4 Å². The Bertz CT molecular complexity index is 875. The molecule has 0 aliphatic rings. The van der Waals surface area contributed by atoms with Crippen molar-refractivity contribution < 1.29 is 19.5 Å². The molecule has 6 nitrogen and oxygen atoms in total. The summed E-state index contributed by atoms with van der Waals surface area (Å²) in [6.07, 6.45) is -0.307. The number of carbonyl (C=O) groups excluding carboxylic acids is 2. The van der Waals surface area contributed by atoms with Crippen molar-refractivity contribution in [3.63, 3.8) is 0 Å². The number of carboxylic acids is 1. The van der Waals surface area contributed by atoms with Crippen LogP contribution in [0.15, 0.2) is 47.4 Å². The lowest BCUT2D eigenvalue weighted by Gasteiger charge is -2.13. The Kier molecular flexibility index (Phi) is 8.17. The summed E-state index contributed by atoms with van der Waals surface area (Å²) >= 11 is 13.3. The number of hydrogen-bond donors (Lipinski definition) is 3. The van der Waals surface area contributed by atoms with Crippen molar-refractivity contribution in [2.75, 3.05) is 10.6 Å². The third-order valence-electron chi connectivity index (χ3n) is 3.57. The van der Waals surface area contributed by atoms with Gasteiger partial charge in [0.25, 0.3) is 0 Å². The fourth-order valence-electron chi connectivity index (χ4n) is 2.15. The molecule has 0 spiro atoms. The quantitative estimate of drug-likeness (QED) is 0.506. The molecule has 0 fully saturated rings. The van der Waals surface area contributed by atoms with Crippen LogP contribution in [-0.2, 0) is 14.4 Å². The fraction of sp³-hybridized carbons (Fsp3) is 0.211. The molecule has 2 aromatic rings. The maximum Gasteiger partial charge on any atom is 0.303 e. The van der Waals surface area contributed by atoms with Gasteiger partial charge in [-0.25, -0.2) is 0 Å². The Morgan fingerprint density at radius 3 is 2.36 bits per heavy atom. The fourth-order valence-corrected chi connectivity index (χ4v) is 3.35. The van der Waals surface area contributed by atoms with E-state index in [0.29, 0.717) is 21.4 Å². The number of carboxylic acid groups (broad SMARTS) is 1. The van der Waals surface area contributed by atoms with Gasteiger partial charge in [-0.15, -0.1) is 11.8 Å². The summed E-state index contributed by atoms with van der Waals surface area (Å²) in [7, 11) is 0. The lowest BCUT2D eigenvalue weighted by atomic mass is 10.2. The zero-order valence-electron chi connectivity index (χ0n) is 14.9. The minimum atomic E-state index is -1.02. The first-order valence-electron chi connectivity index (χ1n) is 8.29. The van der Waals surface area contributed by atoms with Gasteiger partial charge in [-0.1, -0.05) is 23.2 Å². The van der Waals surface area contributed by atoms with Gasteiger partial charge in [0.1, 0.15) is 0 Å². The van der Waals surface area contributed by atoms with E-state index in [1.54, 1.807) is 49.4 Å². The number of thioether (sulfide) groups is 1. The van der Waals surface area contributed by atoms with E-state index in [4.69, 9.17) is 28.3 Å². The number of benzene rings is 2. The number of amides is 2. The van der Waals surface area contributed by atoms with Gasteiger partial charge in [0.15, 0.2) is 0 Å². The first-order chi connectivity index (χ1) is 13.2. The lowest BCUT2D eigenvalue weighted by Crippen LogP contribution is -2.22. The van der Waals surface area contributed by atoms with Crippen LogP contribution in [0.25, 0.3) is 0 Å². The maximum atomic E-state index is 12.4. The van der Waals surface area contributed by atoms with E-state index < -0.39 is 11.2 Å². The highest BCUT2D eigenvalue weighted by molar-refractivity contribution is 8.00. The highest BCUT2D eigenvalue weighted by Crippen LogP contribution is 2.28. The predicted octanol–water partition coefficient (Wildman–Crippen LogP) is 4.92. The van der Waals surface area contributed by atoms with Gasteiger partial charge in [-0.3, -0.25) is 14.4 Å². The molecule has 2 aromatic carbocycles. The van der Waals surface area contributed by atoms with Crippen LogP contribution in [0, 0.1) is 0 Å². The molecule has 148 valence electrons. The average Bonchev–Trinajstić information content (AvgIpc) is 2.64. The molecule has 0 bridgehead atoms. The number of halogens is 2. The number of hydrogen-bond acceptors (Lipinski definition) is 4. The van der Waals surface area contributed by atoms with Gasteiger partial charge in [-0.2, -0.15) is 0 Å². The van der Waals surface area contributed by atoms with Gasteiger partial charge in [0.05, 0.1) is 22.4 Å². The third-order valence-corrected chi connectivity index (χ3v) is 5.25. The Hall–Kier alpha value is -2.22. The second-order valence-corrected chi connectivity index (χ2v) is 8.10. The summed E-state index contributed by atoms with van der Waals surface area (Å²) < 4.78 is 0. The first-order valence-corrected chi connectivity index (χ1v) is 9.92. The monoisotopic (exact) mass is 440 g/mol. The van der Waals surface area contributed by atoms with E-state index in [1.807, 2.05) is 0 Å². The van der Waals surface area contributed by atoms with E-state index >= 15 is 0 Å².